The first-order valence-electron chi connectivity index (χ1n) is 11.5. The number of nitro benzene ring substituents is 1. The van der Waals surface area contributed by atoms with Crippen molar-refractivity contribution in [3.05, 3.63) is 86.1 Å². The van der Waals surface area contributed by atoms with Crippen molar-refractivity contribution in [2.45, 2.75) is 32.0 Å². The molecule has 0 saturated carbocycles. The van der Waals surface area contributed by atoms with Gasteiger partial charge in [0.15, 0.2) is 0 Å². The number of hydrogen-bond acceptors (Lipinski definition) is 6. The van der Waals surface area contributed by atoms with E-state index >= 15 is 0 Å². The minimum atomic E-state index is -0.473. The van der Waals surface area contributed by atoms with Gasteiger partial charge in [-0.25, -0.2) is 4.79 Å². The van der Waals surface area contributed by atoms with Crippen molar-refractivity contribution in [3.63, 3.8) is 0 Å². The number of benzene rings is 2. The van der Waals surface area contributed by atoms with Crippen molar-refractivity contribution in [1.82, 2.24) is 30.1 Å². The minimum absolute atomic E-state index is 0.0282. The zero-order valence-corrected chi connectivity index (χ0v) is 21.3. The van der Waals surface area contributed by atoms with Crippen LogP contribution in [0.5, 0.6) is 0 Å². The molecular weight excluding hydrogens is 530 g/mol. The summed E-state index contributed by atoms with van der Waals surface area (Å²) in [7, 11) is 1.73. The van der Waals surface area contributed by atoms with E-state index in [2.05, 4.69) is 31.6 Å². The molecule has 2 heterocycles. The summed E-state index contributed by atoms with van der Waals surface area (Å²) in [4.78, 5) is 40.0. The van der Waals surface area contributed by atoms with E-state index in [0.717, 1.165) is 22.9 Å². The topological polar surface area (TPSA) is 126 Å². The number of nitrogens with one attached hydrogen (secondary N) is 1. The van der Waals surface area contributed by atoms with E-state index in [0.29, 0.717) is 17.8 Å². The molecule has 0 bridgehead atoms. The number of nitro groups is 1. The van der Waals surface area contributed by atoms with Gasteiger partial charge in [0.05, 0.1) is 24.1 Å². The largest absolute Gasteiger partial charge is 0.334 e. The summed E-state index contributed by atoms with van der Waals surface area (Å²) in [6.07, 6.45) is 3.46. The van der Waals surface area contributed by atoms with Crippen LogP contribution < -0.4 is 5.32 Å². The third kappa shape index (κ3) is 6.06. The van der Waals surface area contributed by atoms with E-state index in [1.807, 2.05) is 29.2 Å². The van der Waals surface area contributed by atoms with Gasteiger partial charge in [-0.1, -0.05) is 51.5 Å². The van der Waals surface area contributed by atoms with Crippen molar-refractivity contribution in [3.8, 4) is 0 Å². The normalized spacial score (nSPS) is 15.1. The summed E-state index contributed by atoms with van der Waals surface area (Å²) in [5.74, 6) is -0.156. The van der Waals surface area contributed by atoms with Gasteiger partial charge in [-0.2, -0.15) is 0 Å². The van der Waals surface area contributed by atoms with Crippen molar-refractivity contribution in [2.75, 3.05) is 13.1 Å². The lowest BCUT2D eigenvalue weighted by atomic mass is 10.0. The second kappa shape index (κ2) is 11.3. The van der Waals surface area contributed by atoms with Gasteiger partial charge in [0, 0.05) is 42.9 Å². The number of likely N-dealkylation sites (tertiary alicyclic amines) is 1. The Kier molecular flexibility index (Phi) is 7.93. The maximum atomic E-state index is 13.1. The molecular formula is C24H26BrN7O4. The van der Waals surface area contributed by atoms with Gasteiger partial charge in [-0.3, -0.25) is 19.6 Å². The van der Waals surface area contributed by atoms with E-state index in [1.165, 1.54) is 21.7 Å². The average molecular weight is 556 g/mol. The molecule has 1 aliphatic rings. The lowest BCUT2D eigenvalue weighted by molar-refractivity contribution is -0.384. The SMILES string of the molecule is Cn1cc(CN(Cc2ccc([N+](=O)[O-])cc2)C(=O)NCC(=O)N2CCCC2c2ccccc2Br)nn1. The number of amides is 3. The molecule has 3 amide bonds. The zero-order valence-electron chi connectivity index (χ0n) is 19.7. The van der Waals surface area contributed by atoms with E-state index in [-0.39, 0.29) is 37.3 Å². The maximum absolute atomic E-state index is 13.1. The molecule has 0 radical (unpaired) electrons. The molecule has 1 aromatic heterocycles. The second-order valence-corrected chi connectivity index (χ2v) is 9.44. The number of rotatable bonds is 8. The molecule has 1 atom stereocenters. The van der Waals surface area contributed by atoms with Crippen LogP contribution in [0.4, 0.5) is 10.5 Å². The van der Waals surface area contributed by atoms with Crippen molar-refractivity contribution in [1.29, 1.82) is 0 Å². The first-order valence-corrected chi connectivity index (χ1v) is 12.3. The van der Waals surface area contributed by atoms with Gasteiger partial charge in [-0.05, 0) is 30.0 Å². The number of aryl methyl sites for hydroxylation is 1. The van der Waals surface area contributed by atoms with Crippen molar-refractivity contribution in [2.24, 2.45) is 7.05 Å². The highest BCUT2D eigenvalue weighted by atomic mass is 79.9. The highest BCUT2D eigenvalue weighted by Gasteiger charge is 2.31. The van der Waals surface area contributed by atoms with Crippen LogP contribution in [0, 0.1) is 10.1 Å². The van der Waals surface area contributed by atoms with Gasteiger partial charge in [0.1, 0.15) is 5.69 Å². The Morgan fingerprint density at radius 2 is 1.94 bits per heavy atom. The fourth-order valence-electron chi connectivity index (χ4n) is 4.30. The summed E-state index contributed by atoms with van der Waals surface area (Å²) in [6, 6.07) is 13.4. The summed E-state index contributed by atoms with van der Waals surface area (Å²) in [5.41, 5.74) is 2.31. The van der Waals surface area contributed by atoms with Gasteiger partial charge in [0.25, 0.3) is 5.69 Å². The Labute approximate surface area is 216 Å². The zero-order chi connectivity index (χ0) is 25.7. The first kappa shape index (κ1) is 25.3. The number of nitrogens with zero attached hydrogens (tertiary/aromatic N) is 6. The Bertz CT molecular complexity index is 1250. The summed E-state index contributed by atoms with van der Waals surface area (Å²) >= 11 is 3.58. The Balaban J connectivity index is 1.43. The summed E-state index contributed by atoms with van der Waals surface area (Å²) < 4.78 is 2.49. The number of halogens is 1. The molecule has 11 nitrogen and oxygen atoms in total. The average Bonchev–Trinajstić information content (AvgIpc) is 3.51. The van der Waals surface area contributed by atoms with Crippen LogP contribution >= 0.6 is 15.9 Å². The molecule has 1 unspecified atom stereocenters. The molecule has 0 spiro atoms. The van der Waals surface area contributed by atoms with Crippen LogP contribution in [0.1, 0.15) is 35.7 Å². The van der Waals surface area contributed by atoms with Crippen molar-refractivity contribution < 1.29 is 14.5 Å². The lowest BCUT2D eigenvalue weighted by Crippen LogP contribution is -2.45. The van der Waals surface area contributed by atoms with Gasteiger partial charge >= 0.3 is 6.03 Å². The maximum Gasteiger partial charge on any atom is 0.318 e. The fraction of sp³-hybridized carbons (Fsp3) is 0.333. The summed E-state index contributed by atoms with van der Waals surface area (Å²) in [5, 5.41) is 21.7. The molecule has 1 N–H and O–H groups in total. The van der Waals surface area contributed by atoms with Crippen LogP contribution in [0.15, 0.2) is 59.2 Å². The molecule has 1 fully saturated rings. The van der Waals surface area contributed by atoms with E-state index in [4.69, 9.17) is 0 Å². The predicted molar refractivity (Wildman–Crippen MR) is 135 cm³/mol. The van der Waals surface area contributed by atoms with Crippen molar-refractivity contribution >= 4 is 33.6 Å². The Hall–Kier alpha value is -3.80. The molecule has 2 aromatic carbocycles. The second-order valence-electron chi connectivity index (χ2n) is 8.59. The number of hydrogen-bond donors (Lipinski definition) is 1. The summed E-state index contributed by atoms with van der Waals surface area (Å²) in [6.45, 7) is 0.829. The number of carbonyl (C=O) groups is 2. The predicted octanol–water partition coefficient (Wildman–Crippen LogP) is 3.56. The third-order valence-corrected chi connectivity index (χ3v) is 6.76. The monoisotopic (exact) mass is 555 g/mol. The highest BCUT2D eigenvalue weighted by molar-refractivity contribution is 9.10. The van der Waals surface area contributed by atoms with Crippen LogP contribution in [-0.4, -0.2) is 54.7 Å². The van der Waals surface area contributed by atoms with Crippen LogP contribution in [0.25, 0.3) is 0 Å². The standard InChI is InChI=1S/C24H26BrN7O4/c1-29-15-18(27-28-29)16-30(14-17-8-10-19(11-9-17)32(35)36)24(34)26-13-23(33)31-12-4-7-22(31)20-5-2-3-6-21(20)25/h2-3,5-6,8-11,15,22H,4,7,12-14,16H2,1H3,(H,26,34). The molecule has 1 aliphatic heterocycles. The van der Waals surface area contributed by atoms with Gasteiger partial charge in [0.2, 0.25) is 5.91 Å². The van der Waals surface area contributed by atoms with Crippen LogP contribution in [0.2, 0.25) is 0 Å². The number of carbonyl (C=O) groups excluding carboxylic acids is 2. The van der Waals surface area contributed by atoms with Crippen LogP contribution in [-0.2, 0) is 24.9 Å². The molecule has 188 valence electrons. The molecule has 36 heavy (non-hydrogen) atoms. The number of aromatic nitrogens is 3. The fourth-order valence-corrected chi connectivity index (χ4v) is 4.85. The molecule has 12 heteroatoms. The molecule has 1 saturated heterocycles. The van der Waals surface area contributed by atoms with E-state index < -0.39 is 11.0 Å². The Morgan fingerprint density at radius 1 is 1.19 bits per heavy atom. The van der Waals surface area contributed by atoms with Gasteiger partial charge < -0.3 is 15.1 Å². The van der Waals surface area contributed by atoms with E-state index in [9.17, 15) is 19.7 Å². The number of urea groups is 1. The molecule has 4 rings (SSSR count). The minimum Gasteiger partial charge on any atom is -0.334 e. The molecule has 0 aliphatic carbocycles. The smallest absolute Gasteiger partial charge is 0.318 e. The highest BCUT2D eigenvalue weighted by Crippen LogP contribution is 2.35. The van der Waals surface area contributed by atoms with E-state index in [1.54, 1.807) is 25.4 Å². The quantitative estimate of drug-likeness (QED) is 0.334. The lowest BCUT2D eigenvalue weighted by Gasteiger charge is -2.27. The first-order chi connectivity index (χ1) is 17.3. The third-order valence-electron chi connectivity index (χ3n) is 6.04. The van der Waals surface area contributed by atoms with Crippen LogP contribution in [0.3, 0.4) is 0 Å². The molecule has 3 aromatic rings. The van der Waals surface area contributed by atoms with Gasteiger partial charge in [-0.15, -0.1) is 5.10 Å². The Morgan fingerprint density at radius 3 is 2.61 bits per heavy atom. The number of non-ortho nitro benzene ring substituents is 1.